The third kappa shape index (κ3) is 3.04. The number of nitrogens with zero attached hydrogens (tertiary/aromatic N) is 3. The molecule has 7 nitrogen and oxygen atoms in total. The number of nitro benzene ring substituents is 1. The Morgan fingerprint density at radius 3 is 2.73 bits per heavy atom. The number of rotatable bonds is 3. The molecular formula is C14H9FN4O3. The molecule has 0 bridgehead atoms. The lowest BCUT2D eigenvalue weighted by atomic mass is 10.1. The normalized spacial score (nSPS) is 9.86. The summed E-state index contributed by atoms with van der Waals surface area (Å²) in [7, 11) is 0. The maximum Gasteiger partial charge on any atom is 0.273 e. The molecule has 0 radical (unpaired) electrons. The Hall–Kier alpha value is -3.34. The molecule has 0 aliphatic rings. The summed E-state index contributed by atoms with van der Waals surface area (Å²) in [5.74, 6) is -1.87. The minimum atomic E-state index is -1.14. The van der Waals surface area contributed by atoms with Crippen molar-refractivity contribution in [2.24, 2.45) is 0 Å². The first kappa shape index (κ1) is 15.1. The second kappa shape index (κ2) is 5.97. The molecule has 0 saturated carbocycles. The molecule has 22 heavy (non-hydrogen) atoms. The Bertz CT molecular complexity index is 797. The highest BCUT2D eigenvalue weighted by molar-refractivity contribution is 6.05. The SMILES string of the molecule is Cc1ccc(NC(=O)c2c(F)cc([N+](=O)[O-])cc2C#N)nc1. The van der Waals surface area contributed by atoms with Gasteiger partial charge in [0.1, 0.15) is 17.7 Å². The molecule has 1 aromatic heterocycles. The van der Waals surface area contributed by atoms with E-state index in [0.717, 1.165) is 11.6 Å². The van der Waals surface area contributed by atoms with Crippen molar-refractivity contribution in [1.29, 1.82) is 5.26 Å². The fraction of sp³-hybridized carbons (Fsp3) is 0.0714. The zero-order valence-corrected chi connectivity index (χ0v) is 11.3. The number of nitro groups is 1. The van der Waals surface area contributed by atoms with Crippen molar-refractivity contribution in [3.05, 3.63) is 63.1 Å². The van der Waals surface area contributed by atoms with Crippen LogP contribution in [0.3, 0.4) is 0 Å². The van der Waals surface area contributed by atoms with Gasteiger partial charge in [-0.1, -0.05) is 6.07 Å². The summed E-state index contributed by atoms with van der Waals surface area (Å²) < 4.78 is 13.9. The molecule has 0 atom stereocenters. The van der Waals surface area contributed by atoms with Gasteiger partial charge in [-0.05, 0) is 18.6 Å². The molecule has 0 fully saturated rings. The Kier molecular flexibility index (Phi) is 4.08. The van der Waals surface area contributed by atoms with Gasteiger partial charge in [0.2, 0.25) is 0 Å². The first-order valence-electron chi connectivity index (χ1n) is 6.04. The summed E-state index contributed by atoms with van der Waals surface area (Å²) >= 11 is 0. The number of anilines is 1. The van der Waals surface area contributed by atoms with Gasteiger partial charge in [-0.3, -0.25) is 14.9 Å². The van der Waals surface area contributed by atoms with Crippen LogP contribution in [0.4, 0.5) is 15.9 Å². The molecule has 1 heterocycles. The van der Waals surface area contributed by atoms with Crippen LogP contribution in [0.1, 0.15) is 21.5 Å². The second-order valence-electron chi connectivity index (χ2n) is 4.39. The molecule has 2 aromatic rings. The number of halogens is 1. The van der Waals surface area contributed by atoms with Crippen LogP contribution in [-0.4, -0.2) is 15.8 Å². The molecular weight excluding hydrogens is 291 g/mol. The summed E-state index contributed by atoms with van der Waals surface area (Å²) in [6.07, 6.45) is 1.51. The van der Waals surface area contributed by atoms with Crippen LogP contribution in [0, 0.1) is 34.2 Å². The summed E-state index contributed by atoms with van der Waals surface area (Å²) in [6.45, 7) is 1.81. The van der Waals surface area contributed by atoms with Gasteiger partial charge in [0.05, 0.1) is 22.1 Å². The number of nitriles is 1. The monoisotopic (exact) mass is 300 g/mol. The van der Waals surface area contributed by atoms with E-state index in [-0.39, 0.29) is 5.82 Å². The van der Waals surface area contributed by atoms with Crippen LogP contribution in [-0.2, 0) is 0 Å². The van der Waals surface area contributed by atoms with E-state index in [0.29, 0.717) is 6.07 Å². The third-order valence-electron chi connectivity index (χ3n) is 2.79. The van der Waals surface area contributed by atoms with Crippen molar-refractivity contribution in [3.63, 3.8) is 0 Å². The van der Waals surface area contributed by atoms with Gasteiger partial charge in [0.25, 0.3) is 11.6 Å². The first-order chi connectivity index (χ1) is 10.4. The fourth-order valence-electron chi connectivity index (χ4n) is 1.74. The summed E-state index contributed by atoms with van der Waals surface area (Å²) in [5.41, 5.74) is -0.705. The van der Waals surface area contributed by atoms with E-state index in [1.165, 1.54) is 12.3 Å². The fourth-order valence-corrected chi connectivity index (χ4v) is 1.74. The molecule has 1 aromatic carbocycles. The quantitative estimate of drug-likeness (QED) is 0.692. The summed E-state index contributed by atoms with van der Waals surface area (Å²) in [6, 6.07) is 6.24. The van der Waals surface area contributed by atoms with Crippen LogP contribution in [0.15, 0.2) is 30.5 Å². The van der Waals surface area contributed by atoms with E-state index in [9.17, 15) is 19.3 Å². The van der Waals surface area contributed by atoms with E-state index >= 15 is 0 Å². The van der Waals surface area contributed by atoms with Gasteiger partial charge in [0, 0.05) is 12.3 Å². The minimum absolute atomic E-state index is 0.178. The van der Waals surface area contributed by atoms with Crippen LogP contribution in [0.2, 0.25) is 0 Å². The average molecular weight is 300 g/mol. The molecule has 0 unspecified atom stereocenters. The van der Waals surface area contributed by atoms with E-state index in [2.05, 4.69) is 10.3 Å². The van der Waals surface area contributed by atoms with Crippen LogP contribution in [0.25, 0.3) is 0 Å². The van der Waals surface area contributed by atoms with Gasteiger partial charge < -0.3 is 5.32 Å². The largest absolute Gasteiger partial charge is 0.306 e. The number of carbonyl (C=O) groups excluding carboxylic acids is 1. The Morgan fingerprint density at radius 1 is 1.45 bits per heavy atom. The van der Waals surface area contributed by atoms with Crippen molar-refractivity contribution in [3.8, 4) is 6.07 Å². The predicted octanol–water partition coefficient (Wildman–Crippen LogP) is 2.56. The zero-order valence-electron chi connectivity index (χ0n) is 11.3. The minimum Gasteiger partial charge on any atom is -0.306 e. The summed E-state index contributed by atoms with van der Waals surface area (Å²) in [5, 5.41) is 21.9. The van der Waals surface area contributed by atoms with Crippen LogP contribution < -0.4 is 5.32 Å². The molecule has 110 valence electrons. The van der Waals surface area contributed by atoms with Crippen molar-refractivity contribution < 1.29 is 14.1 Å². The smallest absolute Gasteiger partial charge is 0.273 e. The first-order valence-corrected chi connectivity index (χ1v) is 6.04. The van der Waals surface area contributed by atoms with Gasteiger partial charge in [-0.2, -0.15) is 5.26 Å². The average Bonchev–Trinajstić information content (AvgIpc) is 2.48. The lowest BCUT2D eigenvalue weighted by Gasteiger charge is -2.07. The molecule has 0 aliphatic heterocycles. The maximum absolute atomic E-state index is 13.9. The molecule has 0 saturated heterocycles. The summed E-state index contributed by atoms with van der Waals surface area (Å²) in [4.78, 5) is 25.8. The van der Waals surface area contributed by atoms with Crippen molar-refractivity contribution in [2.75, 3.05) is 5.32 Å². The highest BCUT2D eigenvalue weighted by atomic mass is 19.1. The number of non-ortho nitro benzene ring substituents is 1. The number of pyridine rings is 1. The number of nitrogens with one attached hydrogen (secondary N) is 1. The van der Waals surface area contributed by atoms with Gasteiger partial charge >= 0.3 is 0 Å². The molecule has 2 rings (SSSR count). The molecule has 8 heteroatoms. The van der Waals surface area contributed by atoms with E-state index < -0.39 is 33.5 Å². The predicted molar refractivity (Wildman–Crippen MR) is 74.7 cm³/mol. The Labute approximate surface area is 124 Å². The van der Waals surface area contributed by atoms with Gasteiger partial charge in [-0.25, -0.2) is 9.37 Å². The number of hydrogen-bond donors (Lipinski definition) is 1. The second-order valence-corrected chi connectivity index (χ2v) is 4.39. The standard InChI is InChI=1S/C14H9FN4O3/c1-8-2-3-12(17-7-8)18-14(20)13-9(6-16)4-10(19(21)22)5-11(13)15/h2-5,7H,1H3,(H,17,18,20). The number of aryl methyl sites for hydroxylation is 1. The Morgan fingerprint density at radius 2 is 2.18 bits per heavy atom. The lowest BCUT2D eigenvalue weighted by Crippen LogP contribution is -2.16. The van der Waals surface area contributed by atoms with Crippen molar-refractivity contribution >= 4 is 17.4 Å². The molecule has 1 amide bonds. The highest BCUT2D eigenvalue weighted by Crippen LogP contribution is 2.22. The third-order valence-corrected chi connectivity index (χ3v) is 2.79. The van der Waals surface area contributed by atoms with E-state index in [1.807, 2.05) is 6.92 Å². The number of carbonyl (C=O) groups is 1. The number of hydrogen-bond acceptors (Lipinski definition) is 5. The highest BCUT2D eigenvalue weighted by Gasteiger charge is 2.22. The molecule has 0 spiro atoms. The number of benzene rings is 1. The Balaban J connectivity index is 2.39. The topological polar surface area (TPSA) is 109 Å². The van der Waals surface area contributed by atoms with E-state index in [4.69, 9.17) is 5.26 Å². The zero-order chi connectivity index (χ0) is 16.3. The molecule has 1 N–H and O–H groups in total. The van der Waals surface area contributed by atoms with Gasteiger partial charge in [0.15, 0.2) is 0 Å². The maximum atomic E-state index is 13.9. The van der Waals surface area contributed by atoms with Crippen LogP contribution in [0.5, 0.6) is 0 Å². The van der Waals surface area contributed by atoms with Crippen LogP contribution >= 0.6 is 0 Å². The van der Waals surface area contributed by atoms with E-state index in [1.54, 1.807) is 12.1 Å². The van der Waals surface area contributed by atoms with Gasteiger partial charge in [-0.15, -0.1) is 0 Å². The van der Waals surface area contributed by atoms with Crippen molar-refractivity contribution in [2.45, 2.75) is 6.92 Å². The number of aromatic nitrogens is 1. The lowest BCUT2D eigenvalue weighted by molar-refractivity contribution is -0.385. The van der Waals surface area contributed by atoms with Crippen molar-refractivity contribution in [1.82, 2.24) is 4.98 Å². The molecule has 0 aliphatic carbocycles. The number of amides is 1.